The SMILES string of the molecule is CS(=O)(=O)N(CCCC(=O)NC1CCCC1)c1ccccc1. The quantitative estimate of drug-likeness (QED) is 0.837. The van der Waals surface area contributed by atoms with Crippen LogP contribution in [0.1, 0.15) is 38.5 Å². The molecule has 5 nitrogen and oxygen atoms in total. The molecule has 0 spiro atoms. The molecule has 1 aromatic carbocycles. The summed E-state index contributed by atoms with van der Waals surface area (Å²) in [6, 6.07) is 9.30. The van der Waals surface area contributed by atoms with Crippen molar-refractivity contribution < 1.29 is 13.2 Å². The topological polar surface area (TPSA) is 66.5 Å². The molecule has 1 N–H and O–H groups in total. The van der Waals surface area contributed by atoms with Gasteiger partial charge in [0.15, 0.2) is 0 Å². The summed E-state index contributed by atoms with van der Waals surface area (Å²) < 4.78 is 25.2. The summed E-state index contributed by atoms with van der Waals surface area (Å²) in [7, 11) is -3.34. The van der Waals surface area contributed by atoms with Crippen molar-refractivity contribution in [3.63, 3.8) is 0 Å². The molecule has 0 bridgehead atoms. The third-order valence-corrected chi connectivity index (χ3v) is 5.12. The minimum absolute atomic E-state index is 0.0217. The fraction of sp³-hybridized carbons (Fsp3) is 0.562. The zero-order valence-electron chi connectivity index (χ0n) is 13.0. The van der Waals surface area contributed by atoms with E-state index in [0.717, 1.165) is 12.8 Å². The highest BCUT2D eigenvalue weighted by Crippen LogP contribution is 2.19. The van der Waals surface area contributed by atoms with E-state index in [1.54, 1.807) is 24.3 Å². The van der Waals surface area contributed by atoms with Gasteiger partial charge >= 0.3 is 0 Å². The highest BCUT2D eigenvalue weighted by atomic mass is 32.2. The Bertz CT molecular complexity index is 581. The van der Waals surface area contributed by atoms with Gasteiger partial charge in [-0.05, 0) is 31.4 Å². The van der Waals surface area contributed by atoms with E-state index < -0.39 is 10.0 Å². The van der Waals surface area contributed by atoms with E-state index in [0.29, 0.717) is 31.1 Å². The van der Waals surface area contributed by atoms with Crippen molar-refractivity contribution in [3.05, 3.63) is 30.3 Å². The molecule has 1 aromatic rings. The molecule has 0 aliphatic heterocycles. The molecule has 22 heavy (non-hydrogen) atoms. The third-order valence-electron chi connectivity index (χ3n) is 3.93. The first-order valence-electron chi connectivity index (χ1n) is 7.79. The zero-order chi connectivity index (χ0) is 16.0. The van der Waals surface area contributed by atoms with Crippen molar-refractivity contribution in [1.29, 1.82) is 0 Å². The number of nitrogens with one attached hydrogen (secondary N) is 1. The van der Waals surface area contributed by atoms with Gasteiger partial charge in [-0.3, -0.25) is 9.10 Å². The number of anilines is 1. The number of sulfonamides is 1. The Morgan fingerprint density at radius 2 is 1.86 bits per heavy atom. The van der Waals surface area contributed by atoms with Gasteiger partial charge in [0.2, 0.25) is 15.9 Å². The van der Waals surface area contributed by atoms with Crippen LogP contribution in [0.2, 0.25) is 0 Å². The molecule has 1 amide bonds. The van der Waals surface area contributed by atoms with Crippen molar-refractivity contribution in [2.24, 2.45) is 0 Å². The molecule has 6 heteroatoms. The Morgan fingerprint density at radius 3 is 2.45 bits per heavy atom. The smallest absolute Gasteiger partial charge is 0.232 e. The Labute approximate surface area is 132 Å². The van der Waals surface area contributed by atoms with Crippen LogP contribution in [0.4, 0.5) is 5.69 Å². The van der Waals surface area contributed by atoms with Gasteiger partial charge in [0.05, 0.1) is 11.9 Å². The fourth-order valence-electron chi connectivity index (χ4n) is 2.83. The minimum atomic E-state index is -3.34. The molecule has 0 aromatic heterocycles. The maximum Gasteiger partial charge on any atom is 0.232 e. The lowest BCUT2D eigenvalue weighted by atomic mass is 10.2. The van der Waals surface area contributed by atoms with Crippen molar-refractivity contribution in [2.45, 2.75) is 44.6 Å². The lowest BCUT2D eigenvalue weighted by Gasteiger charge is -2.22. The largest absolute Gasteiger partial charge is 0.353 e. The summed E-state index contributed by atoms with van der Waals surface area (Å²) >= 11 is 0. The average Bonchev–Trinajstić information content (AvgIpc) is 2.96. The van der Waals surface area contributed by atoms with E-state index in [-0.39, 0.29) is 5.91 Å². The summed E-state index contributed by atoms with van der Waals surface area (Å²) in [4.78, 5) is 11.9. The molecule has 0 atom stereocenters. The molecule has 2 rings (SSSR count). The Morgan fingerprint density at radius 1 is 1.23 bits per heavy atom. The Balaban J connectivity index is 1.85. The summed E-state index contributed by atoms with van der Waals surface area (Å²) in [6.07, 6.45) is 6.55. The molecule has 1 saturated carbocycles. The van der Waals surface area contributed by atoms with E-state index in [1.807, 2.05) is 6.07 Å². The van der Waals surface area contributed by atoms with Crippen LogP contribution in [0.3, 0.4) is 0 Å². The number of carbonyl (C=O) groups excluding carboxylic acids is 1. The van der Waals surface area contributed by atoms with Crippen molar-refractivity contribution in [2.75, 3.05) is 17.1 Å². The summed E-state index contributed by atoms with van der Waals surface area (Å²) in [5, 5.41) is 3.02. The molecule has 1 aliphatic carbocycles. The number of amides is 1. The normalized spacial score (nSPS) is 15.7. The summed E-state index contributed by atoms with van der Waals surface area (Å²) in [5.41, 5.74) is 0.640. The zero-order valence-corrected chi connectivity index (χ0v) is 13.8. The lowest BCUT2D eigenvalue weighted by molar-refractivity contribution is -0.121. The first kappa shape index (κ1) is 16.8. The number of para-hydroxylation sites is 1. The van der Waals surface area contributed by atoms with Crippen LogP contribution in [-0.4, -0.2) is 33.2 Å². The number of carbonyl (C=O) groups is 1. The molecule has 0 saturated heterocycles. The van der Waals surface area contributed by atoms with E-state index >= 15 is 0 Å². The first-order chi connectivity index (χ1) is 10.5. The van der Waals surface area contributed by atoms with Crippen LogP contribution < -0.4 is 9.62 Å². The molecule has 0 radical (unpaired) electrons. The van der Waals surface area contributed by atoms with Crippen LogP contribution >= 0.6 is 0 Å². The highest BCUT2D eigenvalue weighted by Gasteiger charge is 2.19. The second-order valence-corrected chi connectivity index (χ2v) is 7.73. The van der Waals surface area contributed by atoms with Crippen molar-refractivity contribution in [3.8, 4) is 0 Å². The number of hydrogen-bond acceptors (Lipinski definition) is 3. The number of benzene rings is 1. The van der Waals surface area contributed by atoms with Crippen LogP contribution in [0.5, 0.6) is 0 Å². The summed E-state index contributed by atoms with van der Waals surface area (Å²) in [5.74, 6) is 0.0217. The van der Waals surface area contributed by atoms with E-state index in [4.69, 9.17) is 0 Å². The lowest BCUT2D eigenvalue weighted by Crippen LogP contribution is -2.34. The molecule has 0 unspecified atom stereocenters. The average molecular weight is 324 g/mol. The first-order valence-corrected chi connectivity index (χ1v) is 9.64. The van der Waals surface area contributed by atoms with Gasteiger partial charge in [-0.15, -0.1) is 0 Å². The fourth-order valence-corrected chi connectivity index (χ4v) is 3.80. The van der Waals surface area contributed by atoms with Crippen LogP contribution in [0.25, 0.3) is 0 Å². The van der Waals surface area contributed by atoms with Crippen LogP contribution in [0.15, 0.2) is 30.3 Å². The monoisotopic (exact) mass is 324 g/mol. The standard InChI is InChI=1S/C16H24N2O3S/c1-22(20,21)18(15-10-3-2-4-11-15)13-7-12-16(19)17-14-8-5-6-9-14/h2-4,10-11,14H,5-9,12-13H2,1H3,(H,17,19). The second kappa shape index (κ2) is 7.63. The van der Waals surface area contributed by atoms with Gasteiger partial charge < -0.3 is 5.32 Å². The van der Waals surface area contributed by atoms with Gasteiger partial charge in [-0.1, -0.05) is 31.0 Å². The maximum absolute atomic E-state index is 11.9. The van der Waals surface area contributed by atoms with Gasteiger partial charge in [-0.25, -0.2) is 8.42 Å². The third kappa shape index (κ3) is 5.02. The van der Waals surface area contributed by atoms with Crippen molar-refractivity contribution in [1.82, 2.24) is 5.32 Å². The number of hydrogen-bond donors (Lipinski definition) is 1. The summed E-state index contributed by atoms with van der Waals surface area (Å²) in [6.45, 7) is 0.320. The Hall–Kier alpha value is -1.56. The predicted molar refractivity (Wildman–Crippen MR) is 88.3 cm³/mol. The van der Waals surface area contributed by atoms with Crippen LogP contribution in [-0.2, 0) is 14.8 Å². The van der Waals surface area contributed by atoms with Gasteiger partial charge in [-0.2, -0.15) is 0 Å². The van der Waals surface area contributed by atoms with E-state index in [2.05, 4.69) is 5.32 Å². The molecule has 122 valence electrons. The second-order valence-electron chi connectivity index (χ2n) is 5.82. The van der Waals surface area contributed by atoms with Gasteiger partial charge in [0, 0.05) is 19.0 Å². The molecular formula is C16H24N2O3S. The van der Waals surface area contributed by atoms with Gasteiger partial charge in [0.25, 0.3) is 0 Å². The maximum atomic E-state index is 11.9. The number of nitrogens with zero attached hydrogens (tertiary/aromatic N) is 1. The van der Waals surface area contributed by atoms with Crippen LogP contribution in [0, 0.1) is 0 Å². The van der Waals surface area contributed by atoms with E-state index in [9.17, 15) is 13.2 Å². The highest BCUT2D eigenvalue weighted by molar-refractivity contribution is 7.92. The van der Waals surface area contributed by atoms with Gasteiger partial charge in [0.1, 0.15) is 0 Å². The molecule has 1 fully saturated rings. The number of rotatable bonds is 7. The minimum Gasteiger partial charge on any atom is -0.353 e. The predicted octanol–water partition coefficient (Wildman–Crippen LogP) is 2.29. The molecule has 0 heterocycles. The Kier molecular flexibility index (Phi) is 5.83. The molecular weight excluding hydrogens is 300 g/mol. The molecule has 1 aliphatic rings. The van der Waals surface area contributed by atoms with Crippen molar-refractivity contribution >= 4 is 21.6 Å². The van der Waals surface area contributed by atoms with E-state index in [1.165, 1.54) is 23.4 Å².